The largest absolute Gasteiger partial charge is 0.380 e. The van der Waals surface area contributed by atoms with Gasteiger partial charge < -0.3 is 5.32 Å². The van der Waals surface area contributed by atoms with Gasteiger partial charge in [-0.15, -0.1) is 0 Å². The van der Waals surface area contributed by atoms with Crippen LogP contribution in [0, 0.1) is 17.0 Å². The number of aryl methyl sites for hydroxylation is 3. The molecule has 1 unspecified atom stereocenters. The minimum atomic E-state index is -0.353. The van der Waals surface area contributed by atoms with Gasteiger partial charge in [-0.3, -0.25) is 10.1 Å². The Morgan fingerprint density at radius 2 is 2.32 bits per heavy atom. The average molecular weight is 301 g/mol. The van der Waals surface area contributed by atoms with Crippen LogP contribution in [0.2, 0.25) is 0 Å². The van der Waals surface area contributed by atoms with Crippen LogP contribution in [0.5, 0.6) is 0 Å². The summed E-state index contributed by atoms with van der Waals surface area (Å²) in [7, 11) is 0. The fourth-order valence-corrected chi connectivity index (χ4v) is 2.81. The van der Waals surface area contributed by atoms with Crippen LogP contribution in [0.15, 0.2) is 18.2 Å². The Labute approximate surface area is 128 Å². The molecule has 116 valence electrons. The Balaban J connectivity index is 1.72. The summed E-state index contributed by atoms with van der Waals surface area (Å²) in [5, 5.41) is 18.8. The molecular weight excluding hydrogens is 282 g/mol. The number of nitro groups is 1. The van der Waals surface area contributed by atoms with Crippen molar-refractivity contribution in [1.29, 1.82) is 0 Å². The summed E-state index contributed by atoms with van der Waals surface area (Å²) in [5.41, 5.74) is 1.73. The highest BCUT2D eigenvalue weighted by atomic mass is 16.6. The molecule has 0 saturated heterocycles. The van der Waals surface area contributed by atoms with Gasteiger partial charge in [-0.1, -0.05) is 6.92 Å². The van der Waals surface area contributed by atoms with E-state index in [1.165, 1.54) is 0 Å². The van der Waals surface area contributed by atoms with Crippen molar-refractivity contribution in [1.82, 2.24) is 14.8 Å². The Bertz CT molecular complexity index is 710. The second-order valence-electron chi connectivity index (χ2n) is 5.62. The predicted molar refractivity (Wildman–Crippen MR) is 83.0 cm³/mol. The number of aromatic nitrogens is 3. The van der Waals surface area contributed by atoms with Crippen LogP contribution in [-0.2, 0) is 19.4 Å². The van der Waals surface area contributed by atoms with Crippen molar-refractivity contribution in [2.75, 3.05) is 5.32 Å². The molecule has 22 heavy (non-hydrogen) atoms. The lowest BCUT2D eigenvalue weighted by molar-refractivity contribution is -0.385. The fourth-order valence-electron chi connectivity index (χ4n) is 2.81. The number of nitro benzene ring substituents is 1. The summed E-state index contributed by atoms with van der Waals surface area (Å²) >= 11 is 0. The van der Waals surface area contributed by atoms with E-state index in [0.717, 1.165) is 43.1 Å². The molecule has 2 aromatic rings. The standard InChI is InChI=1S/C15H19N5O2/c1-3-14-17-15-7-5-12(9-19(15)18-14)16-11-4-6-13(20(21)22)10(2)8-11/h4,6,8,12,16H,3,5,7,9H2,1-2H3. The highest BCUT2D eigenvalue weighted by Crippen LogP contribution is 2.24. The lowest BCUT2D eigenvalue weighted by atomic mass is 10.1. The first-order valence-electron chi connectivity index (χ1n) is 7.51. The third-order valence-corrected chi connectivity index (χ3v) is 3.98. The second-order valence-corrected chi connectivity index (χ2v) is 5.62. The maximum atomic E-state index is 10.9. The highest BCUT2D eigenvalue weighted by molar-refractivity contribution is 5.54. The highest BCUT2D eigenvalue weighted by Gasteiger charge is 2.21. The van der Waals surface area contributed by atoms with Gasteiger partial charge in [0, 0.05) is 36.2 Å². The molecular formula is C15H19N5O2. The molecule has 2 heterocycles. The molecule has 0 radical (unpaired) electrons. The van der Waals surface area contributed by atoms with E-state index in [1.807, 2.05) is 10.7 Å². The number of rotatable bonds is 4. The summed E-state index contributed by atoms with van der Waals surface area (Å²) in [5.74, 6) is 1.94. The molecule has 7 nitrogen and oxygen atoms in total. The van der Waals surface area contributed by atoms with Crippen molar-refractivity contribution < 1.29 is 4.92 Å². The van der Waals surface area contributed by atoms with E-state index >= 15 is 0 Å². The van der Waals surface area contributed by atoms with Crippen LogP contribution in [0.1, 0.15) is 30.6 Å². The van der Waals surface area contributed by atoms with Crippen molar-refractivity contribution in [2.24, 2.45) is 0 Å². The van der Waals surface area contributed by atoms with Crippen molar-refractivity contribution in [3.63, 3.8) is 0 Å². The van der Waals surface area contributed by atoms with Gasteiger partial charge in [0.1, 0.15) is 5.82 Å². The van der Waals surface area contributed by atoms with Crippen LogP contribution in [-0.4, -0.2) is 25.7 Å². The van der Waals surface area contributed by atoms with Gasteiger partial charge in [0.2, 0.25) is 0 Å². The molecule has 1 aliphatic heterocycles. The summed E-state index contributed by atoms with van der Waals surface area (Å²) in [6.07, 6.45) is 2.73. The summed E-state index contributed by atoms with van der Waals surface area (Å²) < 4.78 is 1.97. The Hall–Kier alpha value is -2.44. The maximum absolute atomic E-state index is 10.9. The smallest absolute Gasteiger partial charge is 0.272 e. The molecule has 1 aromatic heterocycles. The van der Waals surface area contributed by atoms with Crippen LogP contribution in [0.3, 0.4) is 0 Å². The summed E-state index contributed by atoms with van der Waals surface area (Å²) in [6, 6.07) is 5.41. The summed E-state index contributed by atoms with van der Waals surface area (Å²) in [6.45, 7) is 4.59. The number of anilines is 1. The number of nitrogens with one attached hydrogen (secondary N) is 1. The minimum absolute atomic E-state index is 0.153. The molecule has 0 fully saturated rings. The van der Waals surface area contributed by atoms with E-state index in [1.54, 1.807) is 19.1 Å². The quantitative estimate of drug-likeness (QED) is 0.692. The molecule has 0 bridgehead atoms. The van der Waals surface area contributed by atoms with Gasteiger partial charge in [0.25, 0.3) is 5.69 Å². The van der Waals surface area contributed by atoms with Crippen LogP contribution in [0.25, 0.3) is 0 Å². The number of benzene rings is 1. The monoisotopic (exact) mass is 301 g/mol. The lowest BCUT2D eigenvalue weighted by Gasteiger charge is -2.24. The number of nitrogens with zero attached hydrogens (tertiary/aromatic N) is 4. The first-order chi connectivity index (χ1) is 10.6. The van der Waals surface area contributed by atoms with Gasteiger partial charge in [0.15, 0.2) is 5.82 Å². The molecule has 1 atom stereocenters. The first kappa shape index (κ1) is 14.5. The predicted octanol–water partition coefficient (Wildman–Crippen LogP) is 2.48. The van der Waals surface area contributed by atoms with Crippen LogP contribution >= 0.6 is 0 Å². The van der Waals surface area contributed by atoms with E-state index in [2.05, 4.69) is 22.3 Å². The van der Waals surface area contributed by atoms with Gasteiger partial charge in [-0.2, -0.15) is 5.10 Å². The van der Waals surface area contributed by atoms with Gasteiger partial charge >= 0.3 is 0 Å². The summed E-state index contributed by atoms with van der Waals surface area (Å²) in [4.78, 5) is 15.0. The molecule has 0 spiro atoms. The van der Waals surface area contributed by atoms with E-state index < -0.39 is 0 Å². The van der Waals surface area contributed by atoms with E-state index in [9.17, 15) is 10.1 Å². The third-order valence-electron chi connectivity index (χ3n) is 3.98. The zero-order valence-electron chi connectivity index (χ0n) is 12.7. The molecule has 1 aromatic carbocycles. The second kappa shape index (κ2) is 5.75. The Kier molecular flexibility index (Phi) is 3.79. The number of hydrogen-bond acceptors (Lipinski definition) is 5. The zero-order chi connectivity index (χ0) is 15.7. The molecule has 0 saturated carbocycles. The topological polar surface area (TPSA) is 85.9 Å². The van der Waals surface area contributed by atoms with E-state index in [0.29, 0.717) is 5.56 Å². The van der Waals surface area contributed by atoms with Crippen molar-refractivity contribution in [2.45, 2.75) is 45.7 Å². The van der Waals surface area contributed by atoms with Crippen LogP contribution < -0.4 is 5.32 Å². The van der Waals surface area contributed by atoms with Crippen molar-refractivity contribution in [3.05, 3.63) is 45.5 Å². The average Bonchev–Trinajstić information content (AvgIpc) is 2.89. The Morgan fingerprint density at radius 3 is 3.00 bits per heavy atom. The molecule has 1 N–H and O–H groups in total. The maximum Gasteiger partial charge on any atom is 0.272 e. The number of hydrogen-bond donors (Lipinski definition) is 1. The molecule has 0 amide bonds. The van der Waals surface area contributed by atoms with E-state index in [-0.39, 0.29) is 16.7 Å². The number of fused-ring (bicyclic) bond motifs is 1. The van der Waals surface area contributed by atoms with Crippen LogP contribution in [0.4, 0.5) is 11.4 Å². The Morgan fingerprint density at radius 1 is 1.50 bits per heavy atom. The van der Waals surface area contributed by atoms with Crippen molar-refractivity contribution in [3.8, 4) is 0 Å². The SMILES string of the molecule is CCc1nc2n(n1)CC(Nc1ccc([N+](=O)[O-])c(C)c1)CC2. The first-order valence-corrected chi connectivity index (χ1v) is 7.51. The van der Waals surface area contributed by atoms with E-state index in [4.69, 9.17) is 0 Å². The third kappa shape index (κ3) is 2.79. The van der Waals surface area contributed by atoms with Gasteiger partial charge in [0.05, 0.1) is 11.5 Å². The zero-order valence-corrected chi connectivity index (χ0v) is 12.7. The normalized spacial score (nSPS) is 17.1. The van der Waals surface area contributed by atoms with Gasteiger partial charge in [-0.05, 0) is 25.5 Å². The molecule has 7 heteroatoms. The fraction of sp³-hybridized carbons (Fsp3) is 0.467. The molecule has 1 aliphatic rings. The molecule has 3 rings (SSSR count). The molecule has 0 aliphatic carbocycles. The van der Waals surface area contributed by atoms with Crippen molar-refractivity contribution >= 4 is 11.4 Å². The van der Waals surface area contributed by atoms with Gasteiger partial charge in [-0.25, -0.2) is 9.67 Å². The lowest BCUT2D eigenvalue weighted by Crippen LogP contribution is -2.32. The minimum Gasteiger partial charge on any atom is -0.380 e.